The third kappa shape index (κ3) is 2.90. The Morgan fingerprint density at radius 2 is 1.54 bits per heavy atom. The smallest absolute Gasteiger partial charge is 0.198 e. The number of aromatic nitrogens is 1. The molecule has 0 N–H and O–H groups in total. The second-order valence-corrected chi connectivity index (χ2v) is 9.06. The van der Waals surface area contributed by atoms with Gasteiger partial charge in [0, 0.05) is 13.0 Å². The molecular formula is C27H30N+. The van der Waals surface area contributed by atoms with Gasteiger partial charge < -0.3 is 0 Å². The lowest BCUT2D eigenvalue weighted by atomic mass is 9.80. The summed E-state index contributed by atoms with van der Waals surface area (Å²) in [5.41, 5.74) is 7.33. The molecule has 0 aliphatic rings. The van der Waals surface area contributed by atoms with Crippen molar-refractivity contribution < 1.29 is 5.94 Å². The van der Waals surface area contributed by atoms with Crippen LogP contribution in [0.1, 0.15) is 44.5 Å². The minimum absolute atomic E-state index is 0.0391. The van der Waals surface area contributed by atoms with Gasteiger partial charge in [-0.05, 0) is 58.7 Å². The number of pyridine rings is 1. The molecule has 0 saturated carbocycles. The fourth-order valence-corrected chi connectivity index (χ4v) is 4.31. The van der Waals surface area contributed by atoms with Gasteiger partial charge in [0.2, 0.25) is 5.69 Å². The first-order chi connectivity index (χ1) is 13.6. The third-order valence-electron chi connectivity index (χ3n) is 5.96. The van der Waals surface area contributed by atoms with E-state index in [2.05, 4.69) is 102 Å². The van der Waals surface area contributed by atoms with E-state index in [-0.39, 0.29) is 5.41 Å². The lowest BCUT2D eigenvalue weighted by molar-refractivity contribution is -0.665. The summed E-state index contributed by atoms with van der Waals surface area (Å²) >= 11 is 0. The molecule has 0 aliphatic carbocycles. The molecule has 0 spiro atoms. The first kappa shape index (κ1) is 17.4. The highest BCUT2D eigenvalue weighted by Gasteiger charge is 2.25. The highest BCUT2D eigenvalue weighted by atomic mass is 14.9. The van der Waals surface area contributed by atoms with Crippen LogP contribution >= 0.6 is 0 Å². The molecule has 1 heterocycles. The van der Waals surface area contributed by atoms with Gasteiger partial charge in [-0.1, -0.05) is 62.7 Å². The van der Waals surface area contributed by atoms with Gasteiger partial charge >= 0.3 is 0 Å². The van der Waals surface area contributed by atoms with Crippen LogP contribution in [0.15, 0.2) is 54.6 Å². The van der Waals surface area contributed by atoms with E-state index in [4.69, 9.17) is 1.37 Å². The molecule has 0 amide bonds. The lowest BCUT2D eigenvalue weighted by Gasteiger charge is -2.24. The SMILES string of the molecule is [2H]c1c(C)[n+](C)c(-c2cc(C(C)(C)C)c3ccccc3c2C)c2ccc(C)cc12. The highest BCUT2D eigenvalue weighted by Crippen LogP contribution is 2.38. The van der Waals surface area contributed by atoms with E-state index in [9.17, 15) is 0 Å². The number of benzene rings is 3. The predicted octanol–water partition coefficient (Wildman–Crippen LogP) is 6.71. The number of hydrogen-bond acceptors (Lipinski definition) is 0. The molecule has 1 heteroatoms. The zero-order valence-corrected chi connectivity index (χ0v) is 18.1. The second kappa shape index (κ2) is 6.44. The van der Waals surface area contributed by atoms with E-state index in [0.29, 0.717) is 6.04 Å². The minimum Gasteiger partial charge on any atom is -0.198 e. The lowest BCUT2D eigenvalue weighted by Crippen LogP contribution is -2.35. The van der Waals surface area contributed by atoms with E-state index in [1.807, 2.05) is 0 Å². The van der Waals surface area contributed by atoms with Crippen LogP contribution < -0.4 is 4.57 Å². The number of fused-ring (bicyclic) bond motifs is 2. The quantitative estimate of drug-likeness (QED) is 0.328. The largest absolute Gasteiger partial charge is 0.220 e. The van der Waals surface area contributed by atoms with Crippen molar-refractivity contribution in [2.45, 2.75) is 47.0 Å². The summed E-state index contributed by atoms with van der Waals surface area (Å²) in [6.07, 6.45) is 0. The topological polar surface area (TPSA) is 3.88 Å². The van der Waals surface area contributed by atoms with Crippen LogP contribution in [0.5, 0.6) is 0 Å². The van der Waals surface area contributed by atoms with Crippen LogP contribution in [-0.4, -0.2) is 0 Å². The van der Waals surface area contributed by atoms with Gasteiger partial charge in [-0.25, -0.2) is 0 Å². The van der Waals surface area contributed by atoms with Crippen molar-refractivity contribution >= 4 is 21.5 Å². The van der Waals surface area contributed by atoms with Gasteiger partial charge in [-0.3, -0.25) is 0 Å². The van der Waals surface area contributed by atoms with Gasteiger partial charge in [0.15, 0.2) is 5.69 Å². The van der Waals surface area contributed by atoms with Crippen molar-refractivity contribution in [2.75, 3.05) is 0 Å². The van der Waals surface area contributed by atoms with Gasteiger partial charge in [-0.15, -0.1) is 0 Å². The summed E-state index contributed by atoms with van der Waals surface area (Å²) in [4.78, 5) is 0. The molecule has 1 aromatic heterocycles. The van der Waals surface area contributed by atoms with E-state index in [0.717, 1.165) is 16.5 Å². The molecule has 4 rings (SSSR count). The summed E-state index contributed by atoms with van der Waals surface area (Å²) in [5.74, 6) is 0. The molecule has 0 radical (unpaired) electrons. The maximum Gasteiger partial charge on any atom is 0.220 e. The van der Waals surface area contributed by atoms with Crippen molar-refractivity contribution in [3.05, 3.63) is 77.0 Å². The van der Waals surface area contributed by atoms with Gasteiger partial charge in [0.1, 0.15) is 7.05 Å². The summed E-state index contributed by atoms with van der Waals surface area (Å²) in [5, 5.41) is 4.81. The van der Waals surface area contributed by atoms with Crippen LogP contribution in [0.25, 0.3) is 32.8 Å². The molecule has 3 aromatic carbocycles. The van der Waals surface area contributed by atoms with Gasteiger partial charge in [-0.2, -0.15) is 4.57 Å². The molecule has 0 atom stereocenters. The van der Waals surface area contributed by atoms with Crippen LogP contribution in [0, 0.1) is 20.8 Å². The fraction of sp³-hybridized carbons (Fsp3) is 0.296. The molecule has 0 fully saturated rings. The van der Waals surface area contributed by atoms with Crippen LogP contribution in [0.4, 0.5) is 0 Å². The van der Waals surface area contributed by atoms with Crippen LogP contribution in [0.3, 0.4) is 0 Å². The van der Waals surface area contributed by atoms with Gasteiger partial charge in [0.05, 0.1) is 12.3 Å². The van der Waals surface area contributed by atoms with Crippen molar-refractivity contribution in [3.63, 3.8) is 0 Å². The second-order valence-electron chi connectivity index (χ2n) is 9.06. The van der Waals surface area contributed by atoms with E-state index >= 15 is 0 Å². The number of nitrogens with zero attached hydrogens (tertiary/aromatic N) is 1. The Bertz CT molecular complexity index is 1280. The van der Waals surface area contributed by atoms with Crippen molar-refractivity contribution in [2.24, 2.45) is 7.05 Å². The standard InChI is InChI=1S/C27H30N/c1-17-12-13-22-20(14-17)15-18(2)28(7)26(22)24-16-25(27(4,5)6)23-11-9-8-10-21(23)19(24)3/h8-16H,1-7H3/q+1/i15D. The Kier molecular flexibility index (Phi) is 4.01. The van der Waals surface area contributed by atoms with Crippen LogP contribution in [0.2, 0.25) is 0 Å². The van der Waals surface area contributed by atoms with E-state index < -0.39 is 0 Å². The zero-order valence-electron chi connectivity index (χ0n) is 19.1. The van der Waals surface area contributed by atoms with E-state index in [1.54, 1.807) is 0 Å². The first-order valence-electron chi connectivity index (χ1n) is 10.5. The maximum absolute atomic E-state index is 8.69. The Morgan fingerprint density at radius 3 is 2.21 bits per heavy atom. The Labute approximate surface area is 170 Å². The Hall–Kier alpha value is -2.67. The van der Waals surface area contributed by atoms with Gasteiger partial charge in [0.25, 0.3) is 0 Å². The molecule has 0 unspecified atom stereocenters. The summed E-state index contributed by atoms with van der Waals surface area (Å²) in [6.45, 7) is 13.2. The average Bonchev–Trinajstić information content (AvgIpc) is 2.67. The number of aryl methyl sites for hydroxylation is 2. The molecule has 1 nitrogen and oxygen atoms in total. The first-order valence-corrected chi connectivity index (χ1v) is 10.0. The summed E-state index contributed by atoms with van der Waals surface area (Å²) in [6, 6.07) is 18.2. The molecule has 4 aromatic rings. The maximum atomic E-state index is 8.69. The molecular weight excluding hydrogens is 338 g/mol. The van der Waals surface area contributed by atoms with Crippen LogP contribution in [-0.2, 0) is 12.5 Å². The summed E-state index contributed by atoms with van der Waals surface area (Å²) < 4.78 is 10.9. The van der Waals surface area contributed by atoms with Crippen molar-refractivity contribution in [3.8, 4) is 11.3 Å². The minimum atomic E-state index is 0.0391. The number of hydrogen-bond donors (Lipinski definition) is 0. The number of rotatable bonds is 1. The molecule has 142 valence electrons. The average molecular weight is 370 g/mol. The van der Waals surface area contributed by atoms with Crippen molar-refractivity contribution in [1.29, 1.82) is 0 Å². The van der Waals surface area contributed by atoms with E-state index in [1.165, 1.54) is 38.7 Å². The summed E-state index contributed by atoms with van der Waals surface area (Å²) in [7, 11) is 2.09. The molecule has 0 saturated heterocycles. The predicted molar refractivity (Wildman–Crippen MR) is 121 cm³/mol. The molecule has 0 aliphatic heterocycles. The molecule has 0 bridgehead atoms. The Balaban J connectivity index is 2.22. The Morgan fingerprint density at radius 1 is 0.857 bits per heavy atom. The fourth-order valence-electron chi connectivity index (χ4n) is 4.31. The highest BCUT2D eigenvalue weighted by molar-refractivity contribution is 6.00. The molecule has 28 heavy (non-hydrogen) atoms. The third-order valence-corrected chi connectivity index (χ3v) is 5.96. The monoisotopic (exact) mass is 369 g/mol. The van der Waals surface area contributed by atoms with Crippen molar-refractivity contribution in [1.82, 2.24) is 0 Å². The zero-order chi connectivity index (χ0) is 21.1. The normalized spacial score (nSPS) is 12.6.